The van der Waals surface area contributed by atoms with Gasteiger partial charge in [-0.2, -0.15) is 0 Å². The molecular formula is C22H21Cl2N5OS. The number of benzene rings is 2. The van der Waals surface area contributed by atoms with Crippen molar-refractivity contribution in [2.24, 2.45) is 0 Å². The molecule has 0 aliphatic rings. The molecule has 31 heavy (non-hydrogen) atoms. The highest BCUT2D eigenvalue weighted by Gasteiger charge is 2.21. The van der Waals surface area contributed by atoms with Crippen LogP contribution in [0.2, 0.25) is 10.0 Å². The zero-order valence-electron chi connectivity index (χ0n) is 17.6. The van der Waals surface area contributed by atoms with E-state index in [0.717, 1.165) is 5.56 Å². The van der Waals surface area contributed by atoms with Gasteiger partial charge in [-0.25, -0.2) is 0 Å². The average molecular weight is 474 g/mol. The Morgan fingerprint density at radius 2 is 1.71 bits per heavy atom. The van der Waals surface area contributed by atoms with Crippen LogP contribution in [0.3, 0.4) is 0 Å². The lowest BCUT2D eigenvalue weighted by atomic mass is 9.87. The molecule has 4 rings (SSSR count). The van der Waals surface area contributed by atoms with E-state index in [0.29, 0.717) is 44.2 Å². The summed E-state index contributed by atoms with van der Waals surface area (Å²) in [6.07, 6.45) is 0. The second-order valence-corrected chi connectivity index (χ2v) is 9.77. The summed E-state index contributed by atoms with van der Waals surface area (Å²) in [5.41, 5.74) is 2.94. The minimum Gasteiger partial charge on any atom is -0.425 e. The predicted molar refractivity (Wildman–Crippen MR) is 124 cm³/mol. The normalized spacial score (nSPS) is 11.8. The number of hydrogen-bond acceptors (Lipinski definition) is 6. The predicted octanol–water partition coefficient (Wildman–Crippen LogP) is 6.52. The van der Waals surface area contributed by atoms with Crippen molar-refractivity contribution in [3.8, 4) is 17.1 Å². The van der Waals surface area contributed by atoms with Crippen LogP contribution < -0.4 is 0 Å². The lowest BCUT2D eigenvalue weighted by Gasteiger charge is -2.19. The number of nitrogens with zero attached hydrogens (tertiary/aromatic N) is 5. The van der Waals surface area contributed by atoms with Crippen molar-refractivity contribution >= 4 is 35.0 Å². The third-order valence-corrected chi connectivity index (χ3v) is 6.43. The van der Waals surface area contributed by atoms with Gasteiger partial charge in [0.2, 0.25) is 11.8 Å². The van der Waals surface area contributed by atoms with Crippen LogP contribution in [0.5, 0.6) is 0 Å². The minimum absolute atomic E-state index is 0.0612. The molecule has 0 atom stereocenters. The van der Waals surface area contributed by atoms with Gasteiger partial charge in [0.15, 0.2) is 11.0 Å². The standard InChI is InChI=1S/C22H21Cl2N5OS/c1-13-25-26-18(30-13)12-31-21-28-27-20(14-8-10-15(11-9-14)22(2,3)4)29(21)17-7-5-6-16(23)19(17)24/h5-11H,12H2,1-4H3. The fraction of sp³-hybridized carbons (Fsp3) is 0.273. The molecule has 0 saturated heterocycles. The Hall–Kier alpha value is -2.35. The highest BCUT2D eigenvalue weighted by Crippen LogP contribution is 2.36. The van der Waals surface area contributed by atoms with E-state index in [4.69, 9.17) is 27.6 Å². The van der Waals surface area contributed by atoms with E-state index in [1.807, 2.05) is 16.7 Å². The first-order chi connectivity index (χ1) is 14.7. The molecule has 0 spiro atoms. The lowest BCUT2D eigenvalue weighted by Crippen LogP contribution is -2.10. The van der Waals surface area contributed by atoms with Crippen molar-refractivity contribution in [1.29, 1.82) is 0 Å². The van der Waals surface area contributed by atoms with Gasteiger partial charge in [0.1, 0.15) is 0 Å². The van der Waals surface area contributed by atoms with Gasteiger partial charge in [-0.15, -0.1) is 20.4 Å². The molecule has 2 aromatic carbocycles. The number of rotatable bonds is 5. The molecule has 0 fully saturated rings. The highest BCUT2D eigenvalue weighted by atomic mass is 35.5. The third kappa shape index (κ3) is 4.63. The number of thioether (sulfide) groups is 1. The summed E-state index contributed by atoms with van der Waals surface area (Å²) in [5.74, 6) is 2.17. The number of aromatic nitrogens is 5. The van der Waals surface area contributed by atoms with Gasteiger partial charge >= 0.3 is 0 Å². The van der Waals surface area contributed by atoms with Crippen LogP contribution in [-0.4, -0.2) is 25.0 Å². The van der Waals surface area contributed by atoms with Gasteiger partial charge in [-0.3, -0.25) is 4.57 Å². The highest BCUT2D eigenvalue weighted by molar-refractivity contribution is 7.98. The van der Waals surface area contributed by atoms with E-state index in [-0.39, 0.29) is 5.41 Å². The van der Waals surface area contributed by atoms with Crippen LogP contribution in [0, 0.1) is 6.92 Å². The smallest absolute Gasteiger partial charge is 0.226 e. The lowest BCUT2D eigenvalue weighted by molar-refractivity contribution is 0.485. The number of hydrogen-bond donors (Lipinski definition) is 0. The first-order valence-electron chi connectivity index (χ1n) is 9.66. The SMILES string of the molecule is Cc1nnc(CSc2nnc(-c3ccc(C(C)(C)C)cc3)n2-c2cccc(Cl)c2Cl)o1. The molecule has 0 radical (unpaired) electrons. The molecule has 0 amide bonds. The maximum absolute atomic E-state index is 6.56. The molecule has 4 aromatic rings. The van der Waals surface area contributed by atoms with Gasteiger partial charge in [0.05, 0.1) is 21.5 Å². The van der Waals surface area contributed by atoms with E-state index in [2.05, 4.69) is 65.4 Å². The van der Waals surface area contributed by atoms with Gasteiger partial charge in [-0.05, 0) is 23.1 Å². The summed E-state index contributed by atoms with van der Waals surface area (Å²) in [4.78, 5) is 0. The van der Waals surface area contributed by atoms with E-state index in [1.54, 1.807) is 13.0 Å². The molecule has 2 aromatic heterocycles. The Morgan fingerprint density at radius 1 is 0.968 bits per heavy atom. The van der Waals surface area contributed by atoms with Crippen molar-refractivity contribution in [3.63, 3.8) is 0 Å². The average Bonchev–Trinajstić information content (AvgIpc) is 3.34. The second-order valence-electron chi connectivity index (χ2n) is 8.05. The Balaban J connectivity index is 1.78. The largest absolute Gasteiger partial charge is 0.425 e. The van der Waals surface area contributed by atoms with Crippen molar-refractivity contribution < 1.29 is 4.42 Å². The molecule has 0 aliphatic carbocycles. The van der Waals surface area contributed by atoms with Gasteiger partial charge in [-0.1, -0.05) is 86.1 Å². The first kappa shape index (κ1) is 21.9. The Morgan fingerprint density at radius 3 is 2.35 bits per heavy atom. The van der Waals surface area contributed by atoms with Gasteiger partial charge in [0, 0.05) is 12.5 Å². The fourth-order valence-electron chi connectivity index (χ4n) is 3.07. The van der Waals surface area contributed by atoms with E-state index in [1.165, 1.54) is 17.3 Å². The summed E-state index contributed by atoms with van der Waals surface area (Å²) in [5, 5.41) is 18.4. The minimum atomic E-state index is 0.0612. The first-order valence-corrected chi connectivity index (χ1v) is 11.4. The molecule has 9 heteroatoms. The van der Waals surface area contributed by atoms with Crippen LogP contribution in [-0.2, 0) is 11.2 Å². The maximum atomic E-state index is 6.56. The van der Waals surface area contributed by atoms with Crippen molar-refractivity contribution in [1.82, 2.24) is 25.0 Å². The summed E-state index contributed by atoms with van der Waals surface area (Å²) < 4.78 is 7.39. The summed E-state index contributed by atoms with van der Waals surface area (Å²) >= 11 is 14.3. The Kier molecular flexibility index (Phi) is 6.10. The van der Waals surface area contributed by atoms with Gasteiger partial charge < -0.3 is 4.42 Å². The molecule has 2 heterocycles. The van der Waals surface area contributed by atoms with E-state index in [9.17, 15) is 0 Å². The summed E-state index contributed by atoms with van der Waals surface area (Å²) in [6, 6.07) is 13.8. The molecule has 0 bridgehead atoms. The third-order valence-electron chi connectivity index (χ3n) is 4.71. The molecule has 6 nitrogen and oxygen atoms in total. The topological polar surface area (TPSA) is 69.6 Å². The molecule has 0 unspecified atom stereocenters. The molecular weight excluding hydrogens is 453 g/mol. The quantitative estimate of drug-likeness (QED) is 0.307. The summed E-state index contributed by atoms with van der Waals surface area (Å²) in [7, 11) is 0. The number of aryl methyl sites for hydroxylation is 1. The molecule has 0 saturated carbocycles. The number of halogens is 2. The second kappa shape index (κ2) is 8.65. The van der Waals surface area contributed by atoms with Crippen molar-refractivity contribution in [2.45, 2.75) is 44.0 Å². The van der Waals surface area contributed by atoms with Crippen molar-refractivity contribution in [2.75, 3.05) is 0 Å². The van der Waals surface area contributed by atoms with E-state index < -0.39 is 0 Å². The Bertz CT molecular complexity index is 1210. The maximum Gasteiger partial charge on any atom is 0.226 e. The fourth-order valence-corrected chi connectivity index (χ4v) is 4.24. The van der Waals surface area contributed by atoms with Crippen LogP contribution in [0.25, 0.3) is 17.1 Å². The van der Waals surface area contributed by atoms with E-state index >= 15 is 0 Å². The monoisotopic (exact) mass is 473 g/mol. The molecule has 0 N–H and O–H groups in total. The zero-order valence-corrected chi connectivity index (χ0v) is 19.9. The van der Waals surface area contributed by atoms with Gasteiger partial charge in [0.25, 0.3) is 0 Å². The molecule has 160 valence electrons. The van der Waals surface area contributed by atoms with Crippen LogP contribution in [0.4, 0.5) is 0 Å². The van der Waals surface area contributed by atoms with Crippen LogP contribution >= 0.6 is 35.0 Å². The summed E-state index contributed by atoms with van der Waals surface area (Å²) in [6.45, 7) is 8.31. The molecule has 0 aliphatic heterocycles. The van der Waals surface area contributed by atoms with Crippen molar-refractivity contribution in [3.05, 3.63) is 69.9 Å². The van der Waals surface area contributed by atoms with Crippen LogP contribution in [0.1, 0.15) is 38.1 Å². The Labute approximate surface area is 195 Å². The zero-order chi connectivity index (χ0) is 22.2. The van der Waals surface area contributed by atoms with Crippen LogP contribution in [0.15, 0.2) is 52.0 Å².